The van der Waals surface area contributed by atoms with Gasteiger partial charge < -0.3 is 9.47 Å². The molecule has 0 atom stereocenters. The molecule has 2 aromatic carbocycles. The van der Waals surface area contributed by atoms with E-state index in [0.717, 1.165) is 3.57 Å². The molecule has 0 saturated carbocycles. The molecule has 0 heterocycles. The lowest BCUT2D eigenvalue weighted by Crippen LogP contribution is -2.02. The smallest absolute Gasteiger partial charge is 0.175 e. The van der Waals surface area contributed by atoms with E-state index in [0.29, 0.717) is 34.3 Å². The Morgan fingerprint density at radius 1 is 1.27 bits per heavy atom. The number of rotatable bonds is 5. The van der Waals surface area contributed by atoms with Crippen molar-refractivity contribution in [1.29, 1.82) is 5.26 Å². The van der Waals surface area contributed by atoms with E-state index in [-0.39, 0.29) is 6.61 Å². The summed E-state index contributed by atoms with van der Waals surface area (Å²) in [6.45, 7) is 2.49. The molecule has 0 amide bonds. The molecule has 114 valence electrons. The van der Waals surface area contributed by atoms with Crippen LogP contribution in [-0.2, 0) is 6.61 Å². The predicted molar refractivity (Wildman–Crippen MR) is 90.8 cm³/mol. The first-order valence-corrected chi connectivity index (χ1v) is 7.94. The van der Waals surface area contributed by atoms with Crippen molar-refractivity contribution < 1.29 is 13.9 Å². The third-order valence-electron chi connectivity index (χ3n) is 2.83. The van der Waals surface area contributed by atoms with E-state index in [1.54, 1.807) is 18.2 Å². The Labute approximate surface area is 146 Å². The zero-order chi connectivity index (χ0) is 16.1. The molecule has 0 unspecified atom stereocenters. The summed E-state index contributed by atoms with van der Waals surface area (Å²) < 4.78 is 25.1. The summed E-state index contributed by atoms with van der Waals surface area (Å²) in [4.78, 5) is 0. The Balaban J connectivity index is 2.27. The molecule has 0 N–H and O–H groups in total. The van der Waals surface area contributed by atoms with Gasteiger partial charge >= 0.3 is 0 Å². The molecule has 0 aliphatic heterocycles. The molecule has 0 aliphatic carbocycles. The van der Waals surface area contributed by atoms with Crippen LogP contribution in [0.2, 0.25) is 5.02 Å². The summed E-state index contributed by atoms with van der Waals surface area (Å²) in [6, 6.07) is 9.58. The molecule has 0 spiro atoms. The van der Waals surface area contributed by atoms with Gasteiger partial charge in [-0.15, -0.1) is 0 Å². The van der Waals surface area contributed by atoms with Gasteiger partial charge in [0, 0.05) is 11.6 Å². The Morgan fingerprint density at radius 3 is 2.68 bits per heavy atom. The summed E-state index contributed by atoms with van der Waals surface area (Å²) in [5.41, 5.74) is 1.17. The number of nitriles is 1. The van der Waals surface area contributed by atoms with Crippen LogP contribution in [0.15, 0.2) is 30.3 Å². The van der Waals surface area contributed by atoms with E-state index >= 15 is 0 Å². The van der Waals surface area contributed by atoms with Crippen molar-refractivity contribution >= 4 is 34.2 Å². The number of hydrogen-bond donors (Lipinski definition) is 0. The Hall–Kier alpha value is -1.52. The van der Waals surface area contributed by atoms with E-state index in [2.05, 4.69) is 28.7 Å². The van der Waals surface area contributed by atoms with Gasteiger partial charge in [-0.25, -0.2) is 4.39 Å². The normalized spacial score (nSPS) is 10.1. The zero-order valence-electron chi connectivity index (χ0n) is 11.7. The van der Waals surface area contributed by atoms with Gasteiger partial charge in [-0.3, -0.25) is 0 Å². The lowest BCUT2D eigenvalue weighted by Gasteiger charge is -2.14. The van der Waals surface area contributed by atoms with Crippen LogP contribution in [0.4, 0.5) is 4.39 Å². The van der Waals surface area contributed by atoms with Gasteiger partial charge in [0.15, 0.2) is 11.5 Å². The first-order valence-electron chi connectivity index (χ1n) is 6.48. The fourth-order valence-corrected chi connectivity index (χ4v) is 2.80. The first-order chi connectivity index (χ1) is 10.5. The highest BCUT2D eigenvalue weighted by Gasteiger charge is 2.13. The zero-order valence-corrected chi connectivity index (χ0v) is 14.6. The van der Waals surface area contributed by atoms with E-state index in [9.17, 15) is 4.39 Å². The van der Waals surface area contributed by atoms with E-state index in [1.165, 1.54) is 12.1 Å². The quantitative estimate of drug-likeness (QED) is 0.630. The molecule has 22 heavy (non-hydrogen) atoms. The van der Waals surface area contributed by atoms with Crippen LogP contribution in [0, 0.1) is 20.7 Å². The maximum atomic E-state index is 13.0. The molecule has 0 bridgehead atoms. The van der Waals surface area contributed by atoms with Crippen LogP contribution in [0.5, 0.6) is 11.5 Å². The van der Waals surface area contributed by atoms with Crippen LogP contribution < -0.4 is 9.47 Å². The second-order valence-corrected chi connectivity index (χ2v) is 5.92. The Bertz CT molecular complexity index is 731. The molecule has 6 heteroatoms. The number of nitrogens with zero attached hydrogens (tertiary/aromatic N) is 1. The van der Waals surface area contributed by atoms with Crippen LogP contribution in [0.25, 0.3) is 0 Å². The minimum Gasteiger partial charge on any atom is -0.490 e. The fraction of sp³-hybridized carbons (Fsp3) is 0.188. The lowest BCUT2D eigenvalue weighted by molar-refractivity contribution is 0.267. The molecular weight excluding hydrogens is 420 g/mol. The minimum absolute atomic E-state index is 0.182. The SMILES string of the molecule is CCOc1cc(C#N)cc(I)c1OCc1ccc(F)cc1Cl. The molecule has 0 aliphatic rings. The highest BCUT2D eigenvalue weighted by atomic mass is 127. The standard InChI is InChI=1S/C16H12ClFINO2/c1-2-21-15-6-10(8-20)5-14(19)16(15)22-9-11-3-4-12(18)7-13(11)17/h3-7H,2,9H2,1H3. The van der Waals surface area contributed by atoms with Gasteiger partial charge in [-0.2, -0.15) is 5.26 Å². The molecule has 2 aromatic rings. The molecular formula is C16H12ClFINO2. The van der Waals surface area contributed by atoms with Crippen LogP contribution >= 0.6 is 34.2 Å². The molecule has 0 fully saturated rings. The van der Waals surface area contributed by atoms with Crippen molar-refractivity contribution in [3.05, 3.63) is 55.9 Å². The van der Waals surface area contributed by atoms with Crippen LogP contribution in [-0.4, -0.2) is 6.61 Å². The van der Waals surface area contributed by atoms with Crippen molar-refractivity contribution in [3.63, 3.8) is 0 Å². The van der Waals surface area contributed by atoms with Crippen LogP contribution in [0.3, 0.4) is 0 Å². The van der Waals surface area contributed by atoms with E-state index in [4.69, 9.17) is 26.3 Å². The lowest BCUT2D eigenvalue weighted by atomic mass is 10.2. The third kappa shape index (κ3) is 4.02. The van der Waals surface area contributed by atoms with E-state index < -0.39 is 5.82 Å². The second-order valence-electron chi connectivity index (χ2n) is 4.35. The summed E-state index contributed by atoms with van der Waals surface area (Å²) in [7, 11) is 0. The Kier molecular flexibility index (Phi) is 5.86. The minimum atomic E-state index is -0.392. The number of benzene rings is 2. The average Bonchev–Trinajstić information content (AvgIpc) is 2.48. The maximum absolute atomic E-state index is 13.0. The van der Waals surface area contributed by atoms with Gasteiger partial charge in [-0.1, -0.05) is 17.7 Å². The molecule has 0 radical (unpaired) electrons. The first kappa shape index (κ1) is 16.8. The van der Waals surface area contributed by atoms with Gasteiger partial charge in [0.05, 0.1) is 26.8 Å². The van der Waals surface area contributed by atoms with Crippen molar-refractivity contribution in [2.75, 3.05) is 6.61 Å². The molecule has 3 nitrogen and oxygen atoms in total. The second kappa shape index (κ2) is 7.65. The molecule has 2 rings (SSSR count). The van der Waals surface area contributed by atoms with Crippen molar-refractivity contribution in [2.24, 2.45) is 0 Å². The highest BCUT2D eigenvalue weighted by Crippen LogP contribution is 2.35. The Morgan fingerprint density at radius 2 is 2.05 bits per heavy atom. The van der Waals surface area contributed by atoms with Crippen LogP contribution in [0.1, 0.15) is 18.1 Å². The third-order valence-corrected chi connectivity index (χ3v) is 3.98. The summed E-state index contributed by atoms with van der Waals surface area (Å²) in [5, 5.41) is 9.32. The van der Waals surface area contributed by atoms with Crippen molar-refractivity contribution in [1.82, 2.24) is 0 Å². The molecule has 0 aromatic heterocycles. The average molecular weight is 432 g/mol. The number of ether oxygens (including phenoxy) is 2. The summed E-state index contributed by atoms with van der Waals surface area (Å²) in [5.74, 6) is 0.655. The van der Waals surface area contributed by atoms with Gasteiger partial charge in [0.25, 0.3) is 0 Å². The largest absolute Gasteiger partial charge is 0.490 e. The predicted octanol–water partition coefficient (Wildman–Crippen LogP) is 4.93. The molecule has 0 saturated heterocycles. The summed E-state index contributed by atoms with van der Waals surface area (Å²) in [6.07, 6.45) is 0. The van der Waals surface area contributed by atoms with Gasteiger partial charge in [0.1, 0.15) is 12.4 Å². The van der Waals surface area contributed by atoms with Gasteiger partial charge in [-0.05, 0) is 47.7 Å². The monoisotopic (exact) mass is 431 g/mol. The fourth-order valence-electron chi connectivity index (χ4n) is 1.82. The summed E-state index contributed by atoms with van der Waals surface area (Å²) >= 11 is 8.07. The topological polar surface area (TPSA) is 42.2 Å². The van der Waals surface area contributed by atoms with Gasteiger partial charge in [0.2, 0.25) is 0 Å². The van der Waals surface area contributed by atoms with Crippen molar-refractivity contribution in [3.8, 4) is 17.6 Å². The van der Waals surface area contributed by atoms with Crippen molar-refractivity contribution in [2.45, 2.75) is 13.5 Å². The van der Waals surface area contributed by atoms with E-state index in [1.807, 2.05) is 6.92 Å². The number of halogens is 3. The highest BCUT2D eigenvalue weighted by molar-refractivity contribution is 14.1. The number of hydrogen-bond acceptors (Lipinski definition) is 3. The maximum Gasteiger partial charge on any atom is 0.175 e.